The zero-order chi connectivity index (χ0) is 20.1. The molecule has 0 aliphatic carbocycles. The van der Waals surface area contributed by atoms with Gasteiger partial charge in [-0.05, 0) is 30.3 Å². The van der Waals surface area contributed by atoms with Crippen molar-refractivity contribution in [1.29, 1.82) is 0 Å². The fourth-order valence-electron chi connectivity index (χ4n) is 3.85. The van der Waals surface area contributed by atoms with E-state index in [1.165, 1.54) is 0 Å². The summed E-state index contributed by atoms with van der Waals surface area (Å²) in [5.74, 6) is 2.31. The van der Waals surface area contributed by atoms with Crippen molar-refractivity contribution in [3.63, 3.8) is 0 Å². The van der Waals surface area contributed by atoms with Gasteiger partial charge in [-0.25, -0.2) is 4.98 Å². The van der Waals surface area contributed by atoms with Crippen LogP contribution in [-0.2, 0) is 0 Å². The van der Waals surface area contributed by atoms with Crippen LogP contribution >= 0.6 is 11.6 Å². The molecular formula is C23H17ClN4O2. The molecule has 148 valence electrons. The van der Waals surface area contributed by atoms with Gasteiger partial charge in [0.25, 0.3) is 0 Å². The predicted molar refractivity (Wildman–Crippen MR) is 118 cm³/mol. The molecule has 0 saturated heterocycles. The van der Waals surface area contributed by atoms with Crippen molar-refractivity contribution in [3.05, 3.63) is 72.0 Å². The number of H-pyrrole nitrogens is 1. The lowest BCUT2D eigenvalue weighted by Gasteiger charge is -2.19. The molecule has 4 heterocycles. The van der Waals surface area contributed by atoms with E-state index >= 15 is 0 Å². The second kappa shape index (κ2) is 6.71. The summed E-state index contributed by atoms with van der Waals surface area (Å²) in [6, 6.07) is 17.8. The van der Waals surface area contributed by atoms with Gasteiger partial charge in [0.15, 0.2) is 11.5 Å². The van der Waals surface area contributed by atoms with Gasteiger partial charge in [0.2, 0.25) is 0 Å². The molecule has 6 nitrogen and oxygen atoms in total. The van der Waals surface area contributed by atoms with Crippen LogP contribution in [0, 0.1) is 0 Å². The summed E-state index contributed by atoms with van der Waals surface area (Å²) < 4.78 is 13.3. The van der Waals surface area contributed by atoms with Crippen LogP contribution < -0.4 is 14.8 Å². The molecule has 2 N–H and O–H groups in total. The summed E-state index contributed by atoms with van der Waals surface area (Å²) in [6.45, 7) is 1.11. The maximum Gasteiger partial charge on any atom is 0.163 e. The SMILES string of the molecule is Clc1ccc2nc(-c3c[nH]c4ccccc34)c(Nc3ccc4c(c3)OCCO4)n2c1. The second-order valence-corrected chi connectivity index (χ2v) is 7.55. The maximum absolute atomic E-state index is 6.30. The van der Waals surface area contributed by atoms with Crippen LogP contribution in [-0.4, -0.2) is 27.6 Å². The number of para-hydroxylation sites is 1. The molecule has 0 amide bonds. The Morgan fingerprint density at radius 3 is 2.80 bits per heavy atom. The molecule has 30 heavy (non-hydrogen) atoms. The lowest BCUT2D eigenvalue weighted by Crippen LogP contribution is -2.15. The minimum absolute atomic E-state index is 0.544. The number of anilines is 2. The standard InChI is InChI=1S/C23H17ClN4O2/c24-14-5-8-21-27-22(17-12-25-18-4-2-1-3-16(17)18)23(28(21)13-14)26-15-6-7-19-20(11-15)30-10-9-29-19/h1-8,11-13,25-26H,9-10H2. The first-order chi connectivity index (χ1) is 14.8. The first-order valence-corrected chi connectivity index (χ1v) is 10.0. The van der Waals surface area contributed by atoms with Gasteiger partial charge in [0.1, 0.15) is 30.4 Å². The van der Waals surface area contributed by atoms with Gasteiger partial charge in [-0.3, -0.25) is 4.40 Å². The topological polar surface area (TPSA) is 63.6 Å². The zero-order valence-electron chi connectivity index (χ0n) is 15.9. The van der Waals surface area contributed by atoms with Gasteiger partial charge in [0.05, 0.1) is 5.02 Å². The Labute approximate surface area is 177 Å². The Balaban J connectivity index is 1.53. The molecule has 7 heteroatoms. The average molecular weight is 417 g/mol. The lowest BCUT2D eigenvalue weighted by molar-refractivity contribution is 0.171. The van der Waals surface area contributed by atoms with Crippen molar-refractivity contribution in [2.45, 2.75) is 0 Å². The highest BCUT2D eigenvalue weighted by Gasteiger charge is 2.19. The summed E-state index contributed by atoms with van der Waals surface area (Å²) in [4.78, 5) is 8.23. The van der Waals surface area contributed by atoms with Crippen LogP contribution in [0.5, 0.6) is 11.5 Å². The van der Waals surface area contributed by atoms with E-state index in [2.05, 4.69) is 22.4 Å². The molecule has 0 saturated carbocycles. The van der Waals surface area contributed by atoms with Gasteiger partial charge in [0, 0.05) is 40.6 Å². The first-order valence-electron chi connectivity index (χ1n) is 9.67. The number of halogens is 1. The molecule has 0 unspecified atom stereocenters. The van der Waals surface area contributed by atoms with Crippen molar-refractivity contribution in [1.82, 2.24) is 14.4 Å². The number of fused-ring (bicyclic) bond motifs is 3. The molecule has 0 spiro atoms. The molecule has 0 atom stereocenters. The third kappa shape index (κ3) is 2.76. The van der Waals surface area contributed by atoms with Crippen molar-refractivity contribution in [2.75, 3.05) is 18.5 Å². The van der Waals surface area contributed by atoms with E-state index in [4.69, 9.17) is 26.1 Å². The number of aromatic amines is 1. The number of nitrogens with one attached hydrogen (secondary N) is 2. The van der Waals surface area contributed by atoms with Gasteiger partial charge in [-0.1, -0.05) is 29.8 Å². The van der Waals surface area contributed by atoms with Crippen molar-refractivity contribution < 1.29 is 9.47 Å². The Morgan fingerprint density at radius 2 is 1.87 bits per heavy atom. The van der Waals surface area contributed by atoms with Crippen LogP contribution in [0.15, 0.2) is 67.0 Å². The zero-order valence-corrected chi connectivity index (χ0v) is 16.6. The fourth-order valence-corrected chi connectivity index (χ4v) is 4.01. The number of benzene rings is 2. The second-order valence-electron chi connectivity index (χ2n) is 7.12. The highest BCUT2D eigenvalue weighted by atomic mass is 35.5. The monoisotopic (exact) mass is 416 g/mol. The van der Waals surface area contributed by atoms with E-state index in [0.29, 0.717) is 18.2 Å². The smallest absolute Gasteiger partial charge is 0.163 e. The van der Waals surface area contributed by atoms with Crippen molar-refractivity contribution >= 4 is 39.7 Å². The molecular weight excluding hydrogens is 400 g/mol. The minimum atomic E-state index is 0.544. The number of hydrogen-bond donors (Lipinski definition) is 2. The number of aromatic nitrogens is 3. The van der Waals surface area contributed by atoms with E-state index in [9.17, 15) is 0 Å². The highest BCUT2D eigenvalue weighted by Crippen LogP contribution is 2.38. The van der Waals surface area contributed by atoms with Crippen LogP contribution in [0.25, 0.3) is 27.8 Å². The normalized spacial score (nSPS) is 13.1. The fraction of sp³-hybridized carbons (Fsp3) is 0.0870. The lowest BCUT2D eigenvalue weighted by atomic mass is 10.1. The summed E-state index contributed by atoms with van der Waals surface area (Å²) in [7, 11) is 0. The Hall–Kier alpha value is -3.64. The number of imidazole rings is 1. The Bertz CT molecular complexity index is 1410. The first kappa shape index (κ1) is 17.2. The van der Waals surface area contributed by atoms with E-state index < -0.39 is 0 Å². The number of rotatable bonds is 3. The number of pyridine rings is 1. The number of ether oxygens (including phenoxy) is 2. The highest BCUT2D eigenvalue weighted by molar-refractivity contribution is 6.30. The van der Waals surface area contributed by atoms with Crippen LogP contribution in [0.2, 0.25) is 5.02 Å². The van der Waals surface area contributed by atoms with E-state index in [1.807, 2.05) is 59.3 Å². The third-order valence-corrected chi connectivity index (χ3v) is 5.46. The number of hydrogen-bond acceptors (Lipinski definition) is 4. The molecule has 0 radical (unpaired) electrons. The molecule has 1 aliphatic rings. The number of nitrogens with zero attached hydrogens (tertiary/aromatic N) is 2. The minimum Gasteiger partial charge on any atom is -0.486 e. The van der Waals surface area contributed by atoms with Gasteiger partial charge in [-0.2, -0.15) is 0 Å². The molecule has 0 bridgehead atoms. The van der Waals surface area contributed by atoms with E-state index in [1.54, 1.807) is 0 Å². The maximum atomic E-state index is 6.30. The third-order valence-electron chi connectivity index (χ3n) is 5.23. The summed E-state index contributed by atoms with van der Waals surface area (Å²) in [6.07, 6.45) is 3.85. The molecule has 1 aliphatic heterocycles. The van der Waals surface area contributed by atoms with E-state index in [0.717, 1.165) is 50.8 Å². The van der Waals surface area contributed by atoms with Crippen LogP contribution in [0.4, 0.5) is 11.5 Å². The van der Waals surface area contributed by atoms with Crippen LogP contribution in [0.1, 0.15) is 0 Å². The molecule has 5 aromatic rings. The average Bonchev–Trinajstić information content (AvgIpc) is 3.35. The van der Waals surface area contributed by atoms with Gasteiger partial charge >= 0.3 is 0 Å². The van der Waals surface area contributed by atoms with Crippen LogP contribution in [0.3, 0.4) is 0 Å². The molecule has 3 aromatic heterocycles. The Kier molecular flexibility index (Phi) is 3.86. The van der Waals surface area contributed by atoms with Gasteiger partial charge < -0.3 is 19.8 Å². The summed E-state index contributed by atoms with van der Waals surface area (Å²) in [5.41, 5.74) is 4.60. The van der Waals surface area contributed by atoms with E-state index in [-0.39, 0.29) is 0 Å². The largest absolute Gasteiger partial charge is 0.486 e. The van der Waals surface area contributed by atoms with Crippen molar-refractivity contribution in [3.8, 4) is 22.8 Å². The molecule has 0 fully saturated rings. The summed E-state index contributed by atoms with van der Waals surface area (Å²) in [5, 5.41) is 5.26. The summed E-state index contributed by atoms with van der Waals surface area (Å²) >= 11 is 6.30. The van der Waals surface area contributed by atoms with Gasteiger partial charge in [-0.15, -0.1) is 0 Å². The molecule has 6 rings (SSSR count). The predicted octanol–water partition coefficient (Wildman–Crippen LogP) is 5.65. The Morgan fingerprint density at radius 1 is 1.00 bits per heavy atom. The quantitative estimate of drug-likeness (QED) is 0.399. The van der Waals surface area contributed by atoms with Crippen molar-refractivity contribution in [2.24, 2.45) is 0 Å². The molecule has 2 aromatic carbocycles.